The first-order valence-corrected chi connectivity index (χ1v) is 9.55. The maximum Gasteiger partial charge on any atom is 0.191 e. The van der Waals surface area contributed by atoms with Crippen LogP contribution in [0.15, 0.2) is 23.2 Å². The summed E-state index contributed by atoms with van der Waals surface area (Å²) in [6.45, 7) is 12.4. The number of nitrogens with one attached hydrogen (secondary N) is 2. The van der Waals surface area contributed by atoms with Gasteiger partial charge < -0.3 is 20.3 Å². The zero-order chi connectivity index (χ0) is 18.1. The molecule has 1 saturated heterocycles. The summed E-state index contributed by atoms with van der Waals surface area (Å²) in [6, 6.07) is 6.34. The number of aryl methyl sites for hydroxylation is 1. The van der Waals surface area contributed by atoms with Crippen molar-refractivity contribution in [2.45, 2.75) is 40.2 Å². The number of rotatable bonds is 8. The number of hydrogen-bond acceptors (Lipinski definition) is 3. The lowest BCUT2D eigenvalue weighted by atomic mass is 10.1. The Morgan fingerprint density at radius 1 is 1.32 bits per heavy atom. The number of likely N-dealkylation sites (tertiary alicyclic amines) is 1. The van der Waals surface area contributed by atoms with Crippen LogP contribution in [0, 0.1) is 12.8 Å². The molecule has 0 saturated carbocycles. The minimum Gasteiger partial charge on any atom is -0.494 e. The van der Waals surface area contributed by atoms with E-state index in [1.54, 1.807) is 0 Å². The maximum absolute atomic E-state index is 5.75. The van der Waals surface area contributed by atoms with Crippen LogP contribution >= 0.6 is 0 Å². The topological polar surface area (TPSA) is 48.9 Å². The van der Waals surface area contributed by atoms with Crippen LogP contribution in [0.4, 0.5) is 0 Å². The van der Waals surface area contributed by atoms with Gasteiger partial charge in [-0.1, -0.05) is 19.1 Å². The van der Waals surface area contributed by atoms with Crippen molar-refractivity contribution in [1.82, 2.24) is 15.5 Å². The Hall–Kier alpha value is -1.75. The maximum atomic E-state index is 5.75. The van der Waals surface area contributed by atoms with E-state index in [4.69, 9.17) is 4.74 Å². The van der Waals surface area contributed by atoms with E-state index in [0.29, 0.717) is 19.1 Å². The van der Waals surface area contributed by atoms with Crippen molar-refractivity contribution in [3.8, 4) is 5.75 Å². The summed E-state index contributed by atoms with van der Waals surface area (Å²) < 4.78 is 5.75. The molecule has 140 valence electrons. The molecule has 0 spiro atoms. The van der Waals surface area contributed by atoms with Crippen LogP contribution in [0.1, 0.15) is 37.8 Å². The number of aliphatic imine (C=N–C) groups is 1. The largest absolute Gasteiger partial charge is 0.494 e. The van der Waals surface area contributed by atoms with Crippen molar-refractivity contribution in [1.29, 1.82) is 0 Å². The second kappa shape index (κ2) is 10.3. The molecule has 1 aromatic rings. The van der Waals surface area contributed by atoms with Crippen LogP contribution in [-0.2, 0) is 6.54 Å². The molecule has 0 bridgehead atoms. The highest BCUT2D eigenvalue weighted by molar-refractivity contribution is 5.79. The first kappa shape index (κ1) is 19.6. The SMILES string of the molecule is CCCN1CCC(CNC(=NC)NCc2ccc(C)cc2OCC)C1. The number of hydrogen-bond donors (Lipinski definition) is 2. The van der Waals surface area contributed by atoms with Gasteiger partial charge in [0.25, 0.3) is 0 Å². The molecule has 0 aliphatic carbocycles. The molecular formula is C20H34N4O. The van der Waals surface area contributed by atoms with Crippen molar-refractivity contribution < 1.29 is 4.74 Å². The van der Waals surface area contributed by atoms with Gasteiger partial charge in [-0.25, -0.2) is 0 Å². The van der Waals surface area contributed by atoms with Crippen LogP contribution < -0.4 is 15.4 Å². The highest BCUT2D eigenvalue weighted by Gasteiger charge is 2.21. The van der Waals surface area contributed by atoms with E-state index < -0.39 is 0 Å². The quantitative estimate of drug-likeness (QED) is 0.561. The fourth-order valence-electron chi connectivity index (χ4n) is 3.34. The summed E-state index contributed by atoms with van der Waals surface area (Å²) in [5.41, 5.74) is 2.37. The molecule has 1 aliphatic heterocycles. The lowest BCUT2D eigenvalue weighted by Crippen LogP contribution is -2.40. The molecule has 1 unspecified atom stereocenters. The third-order valence-electron chi connectivity index (χ3n) is 4.66. The zero-order valence-corrected chi connectivity index (χ0v) is 16.3. The van der Waals surface area contributed by atoms with Gasteiger partial charge in [0.1, 0.15) is 5.75 Å². The third-order valence-corrected chi connectivity index (χ3v) is 4.66. The van der Waals surface area contributed by atoms with Gasteiger partial charge in [0.2, 0.25) is 0 Å². The first-order chi connectivity index (χ1) is 12.2. The van der Waals surface area contributed by atoms with E-state index in [1.165, 1.54) is 38.0 Å². The van der Waals surface area contributed by atoms with Gasteiger partial charge in [-0.15, -0.1) is 0 Å². The lowest BCUT2D eigenvalue weighted by Gasteiger charge is -2.18. The van der Waals surface area contributed by atoms with Gasteiger partial charge in [-0.2, -0.15) is 0 Å². The van der Waals surface area contributed by atoms with Crippen molar-refractivity contribution >= 4 is 5.96 Å². The summed E-state index contributed by atoms with van der Waals surface area (Å²) in [7, 11) is 1.83. The Labute approximate surface area is 152 Å². The van der Waals surface area contributed by atoms with Gasteiger partial charge >= 0.3 is 0 Å². The molecule has 5 nitrogen and oxygen atoms in total. The zero-order valence-electron chi connectivity index (χ0n) is 16.3. The van der Waals surface area contributed by atoms with Gasteiger partial charge in [0.05, 0.1) is 6.61 Å². The molecule has 1 fully saturated rings. The van der Waals surface area contributed by atoms with E-state index in [0.717, 1.165) is 23.8 Å². The fraction of sp³-hybridized carbons (Fsp3) is 0.650. The van der Waals surface area contributed by atoms with Crippen LogP contribution in [0.25, 0.3) is 0 Å². The smallest absolute Gasteiger partial charge is 0.191 e. The number of guanidine groups is 1. The van der Waals surface area contributed by atoms with Gasteiger partial charge in [-0.05, 0) is 57.3 Å². The Morgan fingerprint density at radius 3 is 2.88 bits per heavy atom. The van der Waals surface area contributed by atoms with Crippen molar-refractivity contribution in [2.75, 3.05) is 39.8 Å². The number of ether oxygens (including phenoxy) is 1. The van der Waals surface area contributed by atoms with Crippen molar-refractivity contribution in [3.63, 3.8) is 0 Å². The molecule has 0 amide bonds. The van der Waals surface area contributed by atoms with Crippen molar-refractivity contribution in [3.05, 3.63) is 29.3 Å². The van der Waals surface area contributed by atoms with E-state index in [9.17, 15) is 0 Å². The summed E-state index contributed by atoms with van der Waals surface area (Å²) in [6.07, 6.45) is 2.51. The van der Waals surface area contributed by atoms with Gasteiger partial charge in [-0.3, -0.25) is 4.99 Å². The fourth-order valence-corrected chi connectivity index (χ4v) is 3.34. The number of benzene rings is 1. The Kier molecular flexibility index (Phi) is 8.06. The normalized spacial score (nSPS) is 18.4. The third kappa shape index (κ3) is 6.24. The molecule has 5 heteroatoms. The van der Waals surface area contributed by atoms with E-state index in [2.05, 4.69) is 52.6 Å². The molecule has 2 rings (SSSR count). The second-order valence-electron chi connectivity index (χ2n) is 6.81. The molecule has 2 N–H and O–H groups in total. The predicted molar refractivity (Wildman–Crippen MR) is 105 cm³/mol. The molecule has 0 radical (unpaired) electrons. The van der Waals surface area contributed by atoms with Crippen LogP contribution in [0.5, 0.6) is 5.75 Å². The van der Waals surface area contributed by atoms with E-state index in [1.807, 2.05) is 14.0 Å². The summed E-state index contributed by atoms with van der Waals surface area (Å²) in [4.78, 5) is 6.91. The summed E-state index contributed by atoms with van der Waals surface area (Å²) in [5.74, 6) is 2.52. The van der Waals surface area contributed by atoms with Crippen molar-refractivity contribution in [2.24, 2.45) is 10.9 Å². The predicted octanol–water partition coefficient (Wildman–Crippen LogP) is 2.79. The summed E-state index contributed by atoms with van der Waals surface area (Å²) in [5, 5.41) is 6.89. The monoisotopic (exact) mass is 346 g/mol. The standard InChI is InChI=1S/C20H34N4O/c1-5-10-24-11-9-17(15-24)13-22-20(21-4)23-14-18-8-7-16(3)12-19(18)25-6-2/h7-8,12,17H,5-6,9-11,13-15H2,1-4H3,(H2,21,22,23). The Morgan fingerprint density at radius 2 is 2.16 bits per heavy atom. The average Bonchev–Trinajstić information content (AvgIpc) is 3.05. The van der Waals surface area contributed by atoms with Crippen LogP contribution in [0.2, 0.25) is 0 Å². The average molecular weight is 347 g/mol. The Bertz CT molecular complexity index is 559. The van der Waals surface area contributed by atoms with Crippen LogP contribution in [-0.4, -0.2) is 50.7 Å². The minimum absolute atomic E-state index is 0.680. The molecule has 1 aromatic carbocycles. The van der Waals surface area contributed by atoms with E-state index >= 15 is 0 Å². The van der Waals surface area contributed by atoms with E-state index in [-0.39, 0.29) is 0 Å². The highest BCUT2D eigenvalue weighted by atomic mass is 16.5. The van der Waals surface area contributed by atoms with Gasteiger partial charge in [0.15, 0.2) is 5.96 Å². The minimum atomic E-state index is 0.680. The second-order valence-corrected chi connectivity index (χ2v) is 6.81. The molecular weight excluding hydrogens is 312 g/mol. The Balaban J connectivity index is 1.81. The van der Waals surface area contributed by atoms with Gasteiger partial charge in [0, 0.05) is 32.2 Å². The van der Waals surface area contributed by atoms with Crippen LogP contribution in [0.3, 0.4) is 0 Å². The molecule has 0 aromatic heterocycles. The summed E-state index contributed by atoms with van der Waals surface area (Å²) >= 11 is 0. The molecule has 25 heavy (non-hydrogen) atoms. The molecule has 1 atom stereocenters. The highest BCUT2D eigenvalue weighted by Crippen LogP contribution is 2.20. The number of nitrogens with zero attached hydrogens (tertiary/aromatic N) is 2. The molecule has 1 aliphatic rings. The lowest BCUT2D eigenvalue weighted by molar-refractivity contribution is 0.324. The molecule has 1 heterocycles. The first-order valence-electron chi connectivity index (χ1n) is 9.55.